The molecular weight excluding hydrogens is 198 g/mol. The summed E-state index contributed by atoms with van der Waals surface area (Å²) in [6, 6.07) is 6.66. The van der Waals surface area contributed by atoms with Crippen molar-refractivity contribution in [2.24, 2.45) is 0 Å². The van der Waals surface area contributed by atoms with Gasteiger partial charge in [0.1, 0.15) is 0 Å². The highest BCUT2D eigenvalue weighted by Crippen LogP contribution is 2.16. The van der Waals surface area contributed by atoms with Crippen LogP contribution in [0.15, 0.2) is 28.7 Å². The second kappa shape index (κ2) is 3.01. The normalized spacial score (nSPS) is 9.50. The van der Waals surface area contributed by atoms with E-state index in [1.807, 2.05) is 0 Å². The molecule has 0 saturated heterocycles. The predicted octanol–water partition coefficient (Wildman–Crippen LogP) is 2.03. The quantitative estimate of drug-likeness (QED) is 0.687. The Morgan fingerprint density at radius 3 is 2.40 bits per heavy atom. The maximum Gasteiger partial charge on any atom is 0.0954 e. The van der Waals surface area contributed by atoms with E-state index in [1.165, 1.54) is 0 Å². The van der Waals surface area contributed by atoms with Gasteiger partial charge in [-0.25, -0.2) is 0 Å². The summed E-state index contributed by atoms with van der Waals surface area (Å²) in [5.74, 6) is 0. The van der Waals surface area contributed by atoms with E-state index in [1.54, 1.807) is 24.3 Å². The van der Waals surface area contributed by atoms with Gasteiger partial charge in [-0.2, -0.15) is 0 Å². The van der Waals surface area contributed by atoms with Gasteiger partial charge in [0.25, 0.3) is 0 Å². The summed E-state index contributed by atoms with van der Waals surface area (Å²) < 4.78 is 0.804. The predicted molar refractivity (Wildman–Crippen MR) is 40.2 cm³/mol. The van der Waals surface area contributed by atoms with Crippen LogP contribution in [0, 0.1) is 0 Å². The molecule has 0 heterocycles. The molecule has 0 unspecified atom stereocenters. The molecule has 2 N–H and O–H groups in total. The lowest BCUT2D eigenvalue weighted by Gasteiger charge is -2.06. The van der Waals surface area contributed by atoms with Gasteiger partial charge in [0.15, 0.2) is 0 Å². The largest absolute Gasteiger partial charge is 0.264 e. The smallest absolute Gasteiger partial charge is 0.0954 e. The van der Waals surface area contributed by atoms with E-state index in [0.29, 0.717) is 5.69 Å². The average molecular weight is 204 g/mol. The summed E-state index contributed by atoms with van der Waals surface area (Å²) in [5, 5.41) is 17.1. The standard InChI is InChI=1S/C6H6BrNO2/c7-5-2-1-3-6(4-5)8(9)10/h1-4,9-10H. The van der Waals surface area contributed by atoms with E-state index < -0.39 is 0 Å². The van der Waals surface area contributed by atoms with E-state index in [0.717, 1.165) is 4.47 Å². The van der Waals surface area contributed by atoms with E-state index in [4.69, 9.17) is 10.4 Å². The molecule has 54 valence electrons. The molecule has 0 atom stereocenters. The van der Waals surface area contributed by atoms with Gasteiger partial charge >= 0.3 is 0 Å². The van der Waals surface area contributed by atoms with Gasteiger partial charge in [-0.1, -0.05) is 22.0 Å². The lowest BCUT2D eigenvalue weighted by molar-refractivity contribution is 0.0291. The minimum absolute atomic E-state index is 0.0742. The van der Waals surface area contributed by atoms with Crippen LogP contribution in [0.4, 0.5) is 5.69 Å². The van der Waals surface area contributed by atoms with Crippen molar-refractivity contribution in [2.75, 3.05) is 5.23 Å². The lowest BCUT2D eigenvalue weighted by atomic mass is 10.3. The van der Waals surface area contributed by atoms with Crippen molar-refractivity contribution in [1.29, 1.82) is 0 Å². The second-order valence-corrected chi connectivity index (χ2v) is 2.68. The highest BCUT2D eigenvalue weighted by atomic mass is 79.9. The molecule has 0 fully saturated rings. The molecule has 1 aromatic rings. The summed E-state index contributed by atoms with van der Waals surface area (Å²) in [6.07, 6.45) is 0. The van der Waals surface area contributed by atoms with Gasteiger partial charge in [-0.15, -0.1) is 5.23 Å². The van der Waals surface area contributed by atoms with E-state index in [9.17, 15) is 0 Å². The Morgan fingerprint density at radius 1 is 1.30 bits per heavy atom. The Morgan fingerprint density at radius 2 is 2.00 bits per heavy atom. The van der Waals surface area contributed by atoms with Crippen molar-refractivity contribution in [3.8, 4) is 0 Å². The molecule has 0 aliphatic carbocycles. The Kier molecular flexibility index (Phi) is 2.26. The first kappa shape index (κ1) is 7.53. The first-order valence-corrected chi connectivity index (χ1v) is 3.43. The number of benzene rings is 1. The van der Waals surface area contributed by atoms with Gasteiger partial charge in [0.05, 0.1) is 5.69 Å². The summed E-state index contributed by atoms with van der Waals surface area (Å²) >= 11 is 3.18. The summed E-state index contributed by atoms with van der Waals surface area (Å²) in [7, 11) is 0. The highest BCUT2D eigenvalue weighted by Gasteiger charge is 1.96. The van der Waals surface area contributed by atoms with Crippen molar-refractivity contribution in [2.45, 2.75) is 0 Å². The topological polar surface area (TPSA) is 43.7 Å². The van der Waals surface area contributed by atoms with E-state index in [-0.39, 0.29) is 5.23 Å². The third-order valence-electron chi connectivity index (χ3n) is 1.04. The number of nitrogens with zero attached hydrogens (tertiary/aromatic N) is 1. The van der Waals surface area contributed by atoms with Crippen LogP contribution in [0.5, 0.6) is 0 Å². The first-order valence-electron chi connectivity index (χ1n) is 2.63. The van der Waals surface area contributed by atoms with Crippen LogP contribution in [0.3, 0.4) is 0 Å². The zero-order valence-electron chi connectivity index (χ0n) is 5.03. The highest BCUT2D eigenvalue weighted by molar-refractivity contribution is 9.10. The fourth-order valence-electron chi connectivity index (χ4n) is 0.601. The van der Waals surface area contributed by atoms with Crippen molar-refractivity contribution in [3.63, 3.8) is 0 Å². The second-order valence-electron chi connectivity index (χ2n) is 1.77. The summed E-state index contributed by atoms with van der Waals surface area (Å²) in [6.45, 7) is 0. The molecule has 3 nitrogen and oxygen atoms in total. The molecule has 0 aliphatic rings. The maximum absolute atomic E-state index is 8.52. The lowest BCUT2D eigenvalue weighted by Crippen LogP contribution is -2.10. The maximum atomic E-state index is 8.52. The van der Waals surface area contributed by atoms with Crippen LogP contribution in [0.25, 0.3) is 0 Å². The van der Waals surface area contributed by atoms with E-state index >= 15 is 0 Å². The Labute approximate surface area is 66.6 Å². The van der Waals surface area contributed by atoms with Crippen molar-refractivity contribution < 1.29 is 10.4 Å². The molecule has 0 aliphatic heterocycles. The number of rotatable bonds is 1. The Hall–Kier alpha value is -0.580. The number of anilines is 1. The monoisotopic (exact) mass is 203 g/mol. The van der Waals surface area contributed by atoms with Crippen molar-refractivity contribution in [3.05, 3.63) is 28.7 Å². The SMILES string of the molecule is ON(O)c1cccc(Br)c1. The number of hydrogen-bond acceptors (Lipinski definition) is 3. The molecule has 0 aromatic heterocycles. The molecule has 0 bridgehead atoms. The fraction of sp³-hybridized carbons (Fsp3) is 0. The molecule has 10 heavy (non-hydrogen) atoms. The number of halogens is 1. The average Bonchev–Trinajstić information content (AvgIpc) is 1.88. The van der Waals surface area contributed by atoms with Crippen LogP contribution in [-0.4, -0.2) is 10.4 Å². The van der Waals surface area contributed by atoms with Crippen LogP contribution < -0.4 is 5.23 Å². The Bertz CT molecular complexity index is 227. The van der Waals surface area contributed by atoms with Gasteiger partial charge in [-0.05, 0) is 18.2 Å². The zero-order valence-corrected chi connectivity index (χ0v) is 6.62. The molecule has 1 aromatic carbocycles. The Balaban J connectivity index is 2.96. The minimum Gasteiger partial charge on any atom is -0.264 e. The van der Waals surface area contributed by atoms with Crippen molar-refractivity contribution in [1.82, 2.24) is 0 Å². The zero-order chi connectivity index (χ0) is 7.56. The molecule has 0 radical (unpaired) electrons. The summed E-state index contributed by atoms with van der Waals surface area (Å²) in [5.41, 5.74) is 0.328. The van der Waals surface area contributed by atoms with Gasteiger partial charge in [0.2, 0.25) is 0 Å². The van der Waals surface area contributed by atoms with Gasteiger partial charge in [-0.3, -0.25) is 10.4 Å². The third-order valence-corrected chi connectivity index (χ3v) is 1.53. The minimum atomic E-state index is 0.0742. The first-order chi connectivity index (χ1) is 4.70. The van der Waals surface area contributed by atoms with E-state index in [2.05, 4.69) is 15.9 Å². The molecule has 1 rings (SSSR count). The molecule has 4 heteroatoms. The molecule has 0 amide bonds. The van der Waals surface area contributed by atoms with Crippen LogP contribution in [0.2, 0.25) is 0 Å². The number of hydrogen-bond donors (Lipinski definition) is 2. The molecular formula is C6H6BrNO2. The van der Waals surface area contributed by atoms with Crippen LogP contribution in [-0.2, 0) is 0 Å². The van der Waals surface area contributed by atoms with Gasteiger partial charge < -0.3 is 0 Å². The molecule has 0 spiro atoms. The third kappa shape index (κ3) is 1.70. The van der Waals surface area contributed by atoms with Crippen LogP contribution in [0.1, 0.15) is 0 Å². The van der Waals surface area contributed by atoms with Crippen LogP contribution >= 0.6 is 15.9 Å². The fourth-order valence-corrected chi connectivity index (χ4v) is 0.988. The van der Waals surface area contributed by atoms with Gasteiger partial charge in [0, 0.05) is 4.47 Å². The molecule has 0 saturated carbocycles. The van der Waals surface area contributed by atoms with Crippen molar-refractivity contribution >= 4 is 21.6 Å². The summed E-state index contributed by atoms with van der Waals surface area (Å²) in [4.78, 5) is 0.